The topological polar surface area (TPSA) is 52.6 Å². The van der Waals surface area contributed by atoms with Crippen molar-refractivity contribution in [3.63, 3.8) is 0 Å². The summed E-state index contributed by atoms with van der Waals surface area (Å²) in [6.07, 6.45) is 0.786. The van der Waals surface area contributed by atoms with Crippen LogP contribution in [0.1, 0.15) is 25.8 Å². The zero-order chi connectivity index (χ0) is 12.7. The molecular weight excluding hydrogens is 220 g/mol. The molecule has 0 bridgehead atoms. The van der Waals surface area contributed by atoms with Gasteiger partial charge in [-0.15, -0.1) is 0 Å². The highest BCUT2D eigenvalue weighted by atomic mass is 16.5. The van der Waals surface area contributed by atoms with Crippen LogP contribution in [0.5, 0.6) is 5.75 Å². The number of hydrogen-bond donors (Lipinski definition) is 0. The summed E-state index contributed by atoms with van der Waals surface area (Å²) in [5.74, 6) is -0.108. The number of hydrogen-bond acceptors (Lipinski definition) is 4. The Hall–Kier alpha value is -1.84. The van der Waals surface area contributed by atoms with Gasteiger partial charge in [-0.1, -0.05) is 18.2 Å². The quantitative estimate of drug-likeness (QED) is 0.580. The summed E-state index contributed by atoms with van der Waals surface area (Å²) in [6.45, 7) is 3.50. The molecule has 92 valence electrons. The predicted molar refractivity (Wildman–Crippen MR) is 62.7 cm³/mol. The summed E-state index contributed by atoms with van der Waals surface area (Å²) in [5.41, 5.74) is 0.829. The van der Waals surface area contributed by atoms with Crippen LogP contribution < -0.4 is 4.74 Å². The molecule has 0 radical (unpaired) electrons. The van der Waals surface area contributed by atoms with Crippen molar-refractivity contribution in [3.8, 4) is 5.75 Å². The Morgan fingerprint density at radius 3 is 2.59 bits per heavy atom. The van der Waals surface area contributed by atoms with Crippen molar-refractivity contribution in [2.24, 2.45) is 0 Å². The van der Waals surface area contributed by atoms with Gasteiger partial charge >= 0.3 is 11.9 Å². The second-order valence-electron chi connectivity index (χ2n) is 3.51. The lowest BCUT2D eigenvalue weighted by Crippen LogP contribution is -2.07. The molecule has 0 N–H and O–H groups in total. The minimum absolute atomic E-state index is 0.245. The van der Waals surface area contributed by atoms with E-state index in [1.807, 2.05) is 12.1 Å². The van der Waals surface area contributed by atoms with E-state index in [1.165, 1.54) is 6.92 Å². The average molecular weight is 236 g/mol. The van der Waals surface area contributed by atoms with Crippen molar-refractivity contribution in [3.05, 3.63) is 29.8 Å². The highest BCUT2D eigenvalue weighted by Crippen LogP contribution is 2.19. The van der Waals surface area contributed by atoms with Gasteiger partial charge in [0, 0.05) is 13.3 Å². The molecule has 4 nitrogen and oxygen atoms in total. The smallest absolute Gasteiger partial charge is 0.308 e. The molecule has 4 heteroatoms. The zero-order valence-electron chi connectivity index (χ0n) is 10.1. The Bertz CT molecular complexity index is 398. The SMILES string of the molecule is CCOC(=O)CCc1ccccc1OC(C)=O. The van der Waals surface area contributed by atoms with Gasteiger partial charge in [-0.05, 0) is 25.0 Å². The van der Waals surface area contributed by atoms with Crippen LogP contribution in [0.4, 0.5) is 0 Å². The molecule has 1 aromatic rings. The van der Waals surface area contributed by atoms with Crippen LogP contribution in [0, 0.1) is 0 Å². The summed E-state index contributed by atoms with van der Waals surface area (Å²) in [4.78, 5) is 22.1. The van der Waals surface area contributed by atoms with Crippen LogP contribution in [-0.2, 0) is 20.7 Å². The van der Waals surface area contributed by atoms with E-state index >= 15 is 0 Å². The van der Waals surface area contributed by atoms with Gasteiger partial charge in [0.2, 0.25) is 0 Å². The Morgan fingerprint density at radius 1 is 1.24 bits per heavy atom. The Balaban J connectivity index is 2.63. The minimum Gasteiger partial charge on any atom is -0.466 e. The first-order chi connectivity index (χ1) is 8.13. The summed E-state index contributed by atoms with van der Waals surface area (Å²) >= 11 is 0. The van der Waals surface area contributed by atoms with E-state index in [4.69, 9.17) is 9.47 Å². The molecule has 0 saturated heterocycles. The fourth-order valence-corrected chi connectivity index (χ4v) is 1.43. The van der Waals surface area contributed by atoms with Crippen LogP contribution in [0.25, 0.3) is 0 Å². The highest BCUT2D eigenvalue weighted by Gasteiger charge is 2.08. The fraction of sp³-hybridized carbons (Fsp3) is 0.385. The number of rotatable bonds is 5. The normalized spacial score (nSPS) is 9.76. The molecule has 0 amide bonds. The standard InChI is InChI=1S/C13H16O4/c1-3-16-13(15)9-8-11-6-4-5-7-12(11)17-10(2)14/h4-7H,3,8-9H2,1-2H3. The maximum atomic E-state index is 11.2. The van der Waals surface area contributed by atoms with Crippen LogP contribution in [0.2, 0.25) is 0 Å². The number of carbonyl (C=O) groups excluding carboxylic acids is 2. The van der Waals surface area contributed by atoms with Crippen molar-refractivity contribution in [2.45, 2.75) is 26.7 Å². The van der Waals surface area contributed by atoms with Crippen molar-refractivity contribution < 1.29 is 19.1 Å². The lowest BCUT2D eigenvalue weighted by atomic mass is 10.1. The molecule has 0 aliphatic heterocycles. The van der Waals surface area contributed by atoms with Gasteiger partial charge < -0.3 is 9.47 Å². The van der Waals surface area contributed by atoms with E-state index in [0.29, 0.717) is 18.8 Å². The molecule has 17 heavy (non-hydrogen) atoms. The molecule has 0 atom stereocenters. The first-order valence-corrected chi connectivity index (χ1v) is 5.55. The summed E-state index contributed by atoms with van der Waals surface area (Å²) in [5, 5.41) is 0. The summed E-state index contributed by atoms with van der Waals surface area (Å²) in [7, 11) is 0. The van der Waals surface area contributed by atoms with Crippen LogP contribution in [-0.4, -0.2) is 18.5 Å². The molecule has 0 saturated carbocycles. The van der Waals surface area contributed by atoms with Gasteiger partial charge in [0.1, 0.15) is 5.75 Å². The second kappa shape index (κ2) is 6.68. The predicted octanol–water partition coefficient (Wildman–Crippen LogP) is 2.11. The monoisotopic (exact) mass is 236 g/mol. The van der Waals surface area contributed by atoms with Crippen molar-refractivity contribution >= 4 is 11.9 Å². The van der Waals surface area contributed by atoms with Crippen molar-refractivity contribution in [2.75, 3.05) is 6.61 Å². The maximum Gasteiger partial charge on any atom is 0.308 e. The maximum absolute atomic E-state index is 11.2. The lowest BCUT2D eigenvalue weighted by Gasteiger charge is -2.08. The first-order valence-electron chi connectivity index (χ1n) is 5.55. The first kappa shape index (κ1) is 13.2. The van der Waals surface area contributed by atoms with E-state index in [9.17, 15) is 9.59 Å². The Morgan fingerprint density at radius 2 is 1.94 bits per heavy atom. The fourth-order valence-electron chi connectivity index (χ4n) is 1.43. The Labute approximate surface area is 101 Å². The highest BCUT2D eigenvalue weighted by molar-refractivity contribution is 5.71. The van der Waals surface area contributed by atoms with Gasteiger partial charge in [-0.2, -0.15) is 0 Å². The number of carbonyl (C=O) groups is 2. The molecular formula is C13H16O4. The third kappa shape index (κ3) is 4.68. The molecule has 0 aromatic heterocycles. The van der Waals surface area contributed by atoms with Gasteiger partial charge in [0.25, 0.3) is 0 Å². The minimum atomic E-state index is -0.367. The van der Waals surface area contributed by atoms with Gasteiger partial charge in [-0.3, -0.25) is 9.59 Å². The van der Waals surface area contributed by atoms with Gasteiger partial charge in [0.05, 0.1) is 6.61 Å². The van der Waals surface area contributed by atoms with Crippen LogP contribution in [0.3, 0.4) is 0 Å². The molecule has 0 spiro atoms. The molecule has 0 fully saturated rings. The third-order valence-corrected chi connectivity index (χ3v) is 2.13. The van der Waals surface area contributed by atoms with Crippen LogP contribution in [0.15, 0.2) is 24.3 Å². The average Bonchev–Trinajstić information content (AvgIpc) is 2.27. The van der Waals surface area contributed by atoms with E-state index in [2.05, 4.69) is 0 Å². The molecule has 1 aromatic carbocycles. The van der Waals surface area contributed by atoms with E-state index in [1.54, 1.807) is 19.1 Å². The molecule has 0 aliphatic rings. The summed E-state index contributed by atoms with van der Waals surface area (Å²) < 4.78 is 9.88. The van der Waals surface area contributed by atoms with Gasteiger partial charge in [0.15, 0.2) is 0 Å². The largest absolute Gasteiger partial charge is 0.466 e. The number of benzene rings is 1. The van der Waals surface area contributed by atoms with E-state index in [-0.39, 0.29) is 18.4 Å². The molecule has 0 aliphatic carbocycles. The molecule has 1 rings (SSSR count). The number of ether oxygens (including phenoxy) is 2. The van der Waals surface area contributed by atoms with Crippen molar-refractivity contribution in [1.29, 1.82) is 0 Å². The lowest BCUT2D eigenvalue weighted by molar-refractivity contribution is -0.143. The zero-order valence-corrected chi connectivity index (χ0v) is 10.1. The van der Waals surface area contributed by atoms with Crippen LogP contribution >= 0.6 is 0 Å². The Kier molecular flexibility index (Phi) is 5.20. The van der Waals surface area contributed by atoms with Crippen molar-refractivity contribution in [1.82, 2.24) is 0 Å². The van der Waals surface area contributed by atoms with Gasteiger partial charge in [-0.25, -0.2) is 0 Å². The second-order valence-corrected chi connectivity index (χ2v) is 3.51. The molecule has 0 heterocycles. The number of esters is 2. The number of aryl methyl sites for hydroxylation is 1. The molecule has 0 unspecified atom stereocenters. The third-order valence-electron chi connectivity index (χ3n) is 2.13. The van der Waals surface area contributed by atoms with E-state index in [0.717, 1.165) is 5.56 Å². The van der Waals surface area contributed by atoms with E-state index < -0.39 is 0 Å². The summed E-state index contributed by atoms with van der Waals surface area (Å²) in [6, 6.07) is 7.17. The number of para-hydroxylation sites is 1.